The van der Waals surface area contributed by atoms with Gasteiger partial charge in [-0.25, -0.2) is 0 Å². The van der Waals surface area contributed by atoms with Crippen molar-refractivity contribution >= 4 is 23.3 Å². The summed E-state index contributed by atoms with van der Waals surface area (Å²) in [6.45, 7) is 2.96. The highest BCUT2D eigenvalue weighted by atomic mass is 32.1. The van der Waals surface area contributed by atoms with E-state index in [1.807, 2.05) is 30.6 Å². The normalized spacial score (nSPS) is 11.2. The molecule has 0 saturated carbocycles. The number of carbonyl (C=O) groups excluding carboxylic acids is 1. The van der Waals surface area contributed by atoms with Gasteiger partial charge in [0.05, 0.1) is 18.3 Å². The topological polar surface area (TPSA) is 85.8 Å². The zero-order valence-corrected chi connectivity index (χ0v) is 13.3. The Hall–Kier alpha value is -2.74. The van der Waals surface area contributed by atoms with Gasteiger partial charge in [0.15, 0.2) is 0 Å². The predicted octanol–water partition coefficient (Wildman–Crippen LogP) is 2.34. The van der Waals surface area contributed by atoms with Crippen molar-refractivity contribution in [1.82, 2.24) is 25.2 Å². The number of thiophene rings is 1. The van der Waals surface area contributed by atoms with Gasteiger partial charge in [-0.2, -0.15) is 10.1 Å². The molecule has 3 aromatic heterocycles. The molecule has 0 aliphatic rings. The van der Waals surface area contributed by atoms with E-state index in [2.05, 4.69) is 20.6 Å². The van der Waals surface area contributed by atoms with Gasteiger partial charge in [-0.1, -0.05) is 11.2 Å². The number of carbonyl (C=O) groups is 1. The summed E-state index contributed by atoms with van der Waals surface area (Å²) >= 11 is 1.57. The molecular weight excluding hydrogens is 314 g/mol. The second-order valence-corrected chi connectivity index (χ2v) is 5.64. The summed E-state index contributed by atoms with van der Waals surface area (Å²) in [7, 11) is 0. The lowest BCUT2D eigenvalue weighted by Gasteiger charge is -1.95. The standard InChI is InChI=1S/C15H15N5O2S/c1-2-20-10-11(8-17-20)15-18-14(22-19-15)9-16-13(21)6-5-12-4-3-7-23-12/h3-8,10H,2,9H2,1H3,(H,16,21). The molecule has 118 valence electrons. The number of nitrogens with one attached hydrogen (secondary N) is 1. The van der Waals surface area contributed by atoms with Crippen LogP contribution in [-0.4, -0.2) is 25.8 Å². The van der Waals surface area contributed by atoms with Crippen LogP contribution in [-0.2, 0) is 17.9 Å². The van der Waals surface area contributed by atoms with Crippen molar-refractivity contribution < 1.29 is 9.32 Å². The third-order valence-corrected chi connectivity index (χ3v) is 3.88. The van der Waals surface area contributed by atoms with Crippen LogP contribution in [0.25, 0.3) is 17.5 Å². The molecule has 1 amide bonds. The maximum Gasteiger partial charge on any atom is 0.246 e. The fourth-order valence-electron chi connectivity index (χ4n) is 1.86. The van der Waals surface area contributed by atoms with Crippen LogP contribution in [0.5, 0.6) is 0 Å². The number of rotatable bonds is 6. The molecule has 3 rings (SSSR count). The van der Waals surface area contributed by atoms with Crippen molar-refractivity contribution in [3.63, 3.8) is 0 Å². The summed E-state index contributed by atoms with van der Waals surface area (Å²) in [5.41, 5.74) is 0.783. The highest BCUT2D eigenvalue weighted by Crippen LogP contribution is 2.14. The molecule has 3 heterocycles. The lowest BCUT2D eigenvalue weighted by Crippen LogP contribution is -2.20. The van der Waals surface area contributed by atoms with Crippen LogP contribution in [0.4, 0.5) is 0 Å². The van der Waals surface area contributed by atoms with Gasteiger partial charge in [0.25, 0.3) is 0 Å². The summed E-state index contributed by atoms with van der Waals surface area (Å²) < 4.78 is 6.91. The molecule has 0 saturated heterocycles. The second kappa shape index (κ2) is 7.01. The summed E-state index contributed by atoms with van der Waals surface area (Å²) in [6, 6.07) is 3.87. The largest absolute Gasteiger partial charge is 0.343 e. The van der Waals surface area contributed by atoms with E-state index in [0.717, 1.165) is 17.0 Å². The molecule has 0 aromatic carbocycles. The van der Waals surface area contributed by atoms with Crippen LogP contribution < -0.4 is 5.32 Å². The minimum absolute atomic E-state index is 0.183. The second-order valence-electron chi connectivity index (χ2n) is 4.66. The lowest BCUT2D eigenvalue weighted by atomic mass is 10.3. The van der Waals surface area contributed by atoms with Crippen molar-refractivity contribution in [3.05, 3.63) is 46.8 Å². The van der Waals surface area contributed by atoms with E-state index in [0.29, 0.717) is 11.7 Å². The Labute approximate surface area is 136 Å². The first kappa shape index (κ1) is 15.2. The fraction of sp³-hybridized carbons (Fsp3) is 0.200. The van der Waals surface area contributed by atoms with Gasteiger partial charge in [-0.05, 0) is 24.4 Å². The summed E-state index contributed by atoms with van der Waals surface area (Å²) in [6.07, 6.45) is 6.77. The quantitative estimate of drug-likeness (QED) is 0.702. The molecule has 0 aliphatic heterocycles. The van der Waals surface area contributed by atoms with E-state index in [1.54, 1.807) is 28.3 Å². The lowest BCUT2D eigenvalue weighted by molar-refractivity contribution is -0.116. The summed E-state index contributed by atoms with van der Waals surface area (Å²) in [5, 5.41) is 12.7. The van der Waals surface area contributed by atoms with Crippen LogP contribution in [0, 0.1) is 0 Å². The highest BCUT2D eigenvalue weighted by Gasteiger charge is 2.10. The monoisotopic (exact) mass is 329 g/mol. The third-order valence-electron chi connectivity index (χ3n) is 3.04. The molecule has 7 nitrogen and oxygen atoms in total. The van der Waals surface area contributed by atoms with E-state index >= 15 is 0 Å². The van der Waals surface area contributed by atoms with Crippen molar-refractivity contribution in [2.45, 2.75) is 20.0 Å². The van der Waals surface area contributed by atoms with E-state index in [9.17, 15) is 4.79 Å². The van der Waals surface area contributed by atoms with Gasteiger partial charge in [0, 0.05) is 23.7 Å². The Balaban J connectivity index is 1.55. The molecule has 8 heteroatoms. The Morgan fingerprint density at radius 3 is 3.17 bits per heavy atom. The average molecular weight is 329 g/mol. The molecule has 3 aromatic rings. The number of aromatic nitrogens is 4. The Morgan fingerprint density at radius 2 is 2.43 bits per heavy atom. The maximum absolute atomic E-state index is 11.7. The molecule has 0 atom stereocenters. The van der Waals surface area contributed by atoms with Crippen LogP contribution in [0.1, 0.15) is 17.7 Å². The minimum atomic E-state index is -0.211. The van der Waals surface area contributed by atoms with Crippen molar-refractivity contribution in [3.8, 4) is 11.4 Å². The zero-order chi connectivity index (χ0) is 16.1. The molecule has 0 unspecified atom stereocenters. The molecule has 0 spiro atoms. The molecule has 0 fully saturated rings. The van der Waals surface area contributed by atoms with Crippen molar-refractivity contribution in [2.75, 3.05) is 0 Å². The molecular formula is C15H15N5O2S. The first-order valence-corrected chi connectivity index (χ1v) is 7.97. The van der Waals surface area contributed by atoms with E-state index in [4.69, 9.17) is 4.52 Å². The molecule has 0 radical (unpaired) electrons. The van der Waals surface area contributed by atoms with Gasteiger partial charge in [-0.3, -0.25) is 9.48 Å². The molecule has 0 bridgehead atoms. The zero-order valence-electron chi connectivity index (χ0n) is 12.5. The first-order valence-electron chi connectivity index (χ1n) is 7.09. The van der Waals surface area contributed by atoms with Crippen LogP contribution in [0.15, 0.2) is 40.5 Å². The van der Waals surface area contributed by atoms with E-state index < -0.39 is 0 Å². The fourth-order valence-corrected chi connectivity index (χ4v) is 2.48. The average Bonchev–Trinajstić information content (AvgIpc) is 3.31. The Morgan fingerprint density at radius 1 is 1.52 bits per heavy atom. The SMILES string of the molecule is CCn1cc(-c2noc(CNC(=O)C=Cc3cccs3)n2)cn1. The Bertz CT molecular complexity index is 804. The maximum atomic E-state index is 11.7. The van der Waals surface area contributed by atoms with Gasteiger partial charge in [-0.15, -0.1) is 11.3 Å². The Kier molecular flexibility index (Phi) is 4.62. The van der Waals surface area contributed by atoms with Gasteiger partial charge >= 0.3 is 0 Å². The van der Waals surface area contributed by atoms with Gasteiger partial charge < -0.3 is 9.84 Å². The van der Waals surface area contributed by atoms with Crippen LogP contribution >= 0.6 is 11.3 Å². The highest BCUT2D eigenvalue weighted by molar-refractivity contribution is 7.10. The molecule has 1 N–H and O–H groups in total. The van der Waals surface area contributed by atoms with Crippen LogP contribution in [0.3, 0.4) is 0 Å². The van der Waals surface area contributed by atoms with E-state index in [1.165, 1.54) is 6.08 Å². The molecule has 0 aliphatic carbocycles. The number of amides is 1. The smallest absolute Gasteiger partial charge is 0.246 e. The number of nitrogens with zero attached hydrogens (tertiary/aromatic N) is 4. The molecule has 23 heavy (non-hydrogen) atoms. The summed E-state index contributed by atoms with van der Waals surface area (Å²) in [5.74, 6) is 0.599. The number of hydrogen-bond acceptors (Lipinski definition) is 6. The van der Waals surface area contributed by atoms with Crippen LogP contribution in [0.2, 0.25) is 0 Å². The summed E-state index contributed by atoms with van der Waals surface area (Å²) in [4.78, 5) is 17.0. The number of aryl methyl sites for hydroxylation is 1. The minimum Gasteiger partial charge on any atom is -0.343 e. The van der Waals surface area contributed by atoms with E-state index in [-0.39, 0.29) is 12.5 Å². The van der Waals surface area contributed by atoms with Gasteiger partial charge in [0.1, 0.15) is 0 Å². The van der Waals surface area contributed by atoms with Crippen molar-refractivity contribution in [2.24, 2.45) is 0 Å². The van der Waals surface area contributed by atoms with Crippen molar-refractivity contribution in [1.29, 1.82) is 0 Å². The number of hydrogen-bond donors (Lipinski definition) is 1. The first-order chi connectivity index (χ1) is 11.2. The third kappa shape index (κ3) is 3.92. The predicted molar refractivity (Wildman–Crippen MR) is 86.4 cm³/mol. The van der Waals surface area contributed by atoms with Gasteiger partial charge in [0.2, 0.25) is 17.6 Å².